The second-order valence-corrected chi connectivity index (χ2v) is 5.86. The summed E-state index contributed by atoms with van der Waals surface area (Å²) in [7, 11) is 0. The molecule has 0 aliphatic carbocycles. The molecule has 1 aromatic heterocycles. The zero-order valence-corrected chi connectivity index (χ0v) is 13.7. The van der Waals surface area contributed by atoms with E-state index < -0.39 is 35.8 Å². The van der Waals surface area contributed by atoms with E-state index >= 15 is 0 Å². The lowest BCUT2D eigenvalue weighted by molar-refractivity contribution is -0.299. The predicted octanol–water partition coefficient (Wildman–Crippen LogP) is 3.11. The first kappa shape index (κ1) is 18.8. The highest BCUT2D eigenvalue weighted by Gasteiger charge is 2.63. The number of hydrogen-bond acceptors (Lipinski definition) is 5. The third-order valence-electron chi connectivity index (χ3n) is 3.82. The Morgan fingerprint density at radius 3 is 2.59 bits per heavy atom. The SMILES string of the molecule is C=C1CC(O)(C(F)(F)F)N(C(=O)c2ccc(COc3ccc(F)cc3)o2)N1. The summed E-state index contributed by atoms with van der Waals surface area (Å²) in [6.07, 6.45) is -6.00. The number of nitrogens with one attached hydrogen (secondary N) is 1. The normalized spacial score (nSPS) is 19.9. The highest BCUT2D eigenvalue weighted by molar-refractivity contribution is 5.92. The van der Waals surface area contributed by atoms with Crippen LogP contribution in [0.1, 0.15) is 22.7 Å². The summed E-state index contributed by atoms with van der Waals surface area (Å²) in [5.74, 6) is -1.61. The van der Waals surface area contributed by atoms with Gasteiger partial charge in [0.05, 0.1) is 0 Å². The van der Waals surface area contributed by atoms with Gasteiger partial charge < -0.3 is 14.3 Å². The molecule has 1 amide bonds. The predicted molar refractivity (Wildman–Crippen MR) is 83.5 cm³/mol. The highest BCUT2D eigenvalue weighted by atomic mass is 19.4. The van der Waals surface area contributed by atoms with E-state index in [1.54, 1.807) is 0 Å². The Morgan fingerprint density at radius 1 is 1.30 bits per heavy atom. The molecule has 10 heteroatoms. The van der Waals surface area contributed by atoms with Crippen molar-refractivity contribution < 1.29 is 36.6 Å². The molecule has 0 spiro atoms. The van der Waals surface area contributed by atoms with Gasteiger partial charge in [-0.05, 0) is 36.4 Å². The molecule has 0 bridgehead atoms. The standard InChI is InChI=1S/C17H14F4N2O4/c1-10-8-16(25,17(19,20)21)23(22-10)15(24)14-7-6-13(27-14)9-26-12-4-2-11(18)3-5-12/h2-7,22,25H,1,8-9H2. The van der Waals surface area contributed by atoms with Gasteiger partial charge in [-0.2, -0.15) is 13.2 Å². The van der Waals surface area contributed by atoms with Gasteiger partial charge in [0.2, 0.25) is 0 Å². The monoisotopic (exact) mass is 386 g/mol. The largest absolute Gasteiger partial charge is 0.486 e. The molecule has 1 unspecified atom stereocenters. The van der Waals surface area contributed by atoms with Crippen molar-refractivity contribution in [2.24, 2.45) is 0 Å². The minimum atomic E-state index is -5.10. The van der Waals surface area contributed by atoms with Gasteiger partial charge in [0.1, 0.15) is 23.9 Å². The second kappa shape index (κ2) is 6.62. The lowest BCUT2D eigenvalue weighted by Gasteiger charge is -2.32. The van der Waals surface area contributed by atoms with Crippen LogP contribution in [0.2, 0.25) is 0 Å². The fraction of sp³-hybridized carbons (Fsp3) is 0.235. The van der Waals surface area contributed by atoms with E-state index in [0.717, 1.165) is 6.07 Å². The number of ether oxygens (including phenoxy) is 1. The van der Waals surface area contributed by atoms with Crippen molar-refractivity contribution in [2.75, 3.05) is 0 Å². The molecule has 1 aliphatic heterocycles. The van der Waals surface area contributed by atoms with E-state index in [4.69, 9.17) is 9.15 Å². The molecule has 6 nitrogen and oxygen atoms in total. The Bertz CT molecular complexity index is 863. The van der Waals surface area contributed by atoms with Crippen molar-refractivity contribution in [2.45, 2.75) is 24.9 Å². The molecule has 1 atom stereocenters. The number of carbonyl (C=O) groups excluding carboxylic acids is 1. The first-order valence-corrected chi connectivity index (χ1v) is 7.65. The average molecular weight is 386 g/mol. The fourth-order valence-electron chi connectivity index (χ4n) is 2.48. The van der Waals surface area contributed by atoms with Crippen LogP contribution in [0.15, 0.2) is 53.1 Å². The number of benzene rings is 1. The van der Waals surface area contributed by atoms with Gasteiger partial charge in [-0.1, -0.05) is 6.58 Å². The van der Waals surface area contributed by atoms with Gasteiger partial charge in [-0.3, -0.25) is 10.2 Å². The fourth-order valence-corrected chi connectivity index (χ4v) is 2.48. The summed E-state index contributed by atoms with van der Waals surface area (Å²) in [6.45, 7) is 3.19. The third kappa shape index (κ3) is 3.61. The van der Waals surface area contributed by atoms with E-state index in [9.17, 15) is 27.5 Å². The van der Waals surface area contributed by atoms with Crippen molar-refractivity contribution in [3.63, 3.8) is 0 Å². The van der Waals surface area contributed by atoms with E-state index in [1.807, 2.05) is 0 Å². The van der Waals surface area contributed by atoms with Crippen molar-refractivity contribution in [3.8, 4) is 5.75 Å². The summed E-state index contributed by atoms with van der Waals surface area (Å²) in [4.78, 5) is 12.4. The number of halogens is 4. The van der Waals surface area contributed by atoms with Gasteiger partial charge >= 0.3 is 12.1 Å². The number of rotatable bonds is 4. The molecular weight excluding hydrogens is 372 g/mol. The summed E-state index contributed by atoms with van der Waals surface area (Å²) in [6, 6.07) is 7.65. The molecule has 27 heavy (non-hydrogen) atoms. The van der Waals surface area contributed by atoms with Crippen LogP contribution in [0.25, 0.3) is 0 Å². The van der Waals surface area contributed by atoms with Crippen molar-refractivity contribution >= 4 is 5.91 Å². The Hall–Kier alpha value is -3.01. The van der Waals surface area contributed by atoms with E-state index in [-0.39, 0.29) is 23.1 Å². The molecule has 144 valence electrons. The third-order valence-corrected chi connectivity index (χ3v) is 3.82. The van der Waals surface area contributed by atoms with Gasteiger partial charge in [-0.25, -0.2) is 9.40 Å². The quantitative estimate of drug-likeness (QED) is 0.790. The minimum absolute atomic E-state index is 0.0405. The highest BCUT2D eigenvalue weighted by Crippen LogP contribution is 2.41. The van der Waals surface area contributed by atoms with E-state index in [2.05, 4.69) is 12.0 Å². The Balaban J connectivity index is 1.72. The molecule has 3 rings (SSSR count). The van der Waals surface area contributed by atoms with Gasteiger partial charge in [-0.15, -0.1) is 0 Å². The number of carbonyl (C=O) groups is 1. The van der Waals surface area contributed by atoms with Crippen LogP contribution in [-0.4, -0.2) is 27.9 Å². The van der Waals surface area contributed by atoms with Gasteiger partial charge in [0.15, 0.2) is 5.76 Å². The lowest BCUT2D eigenvalue weighted by Crippen LogP contribution is -2.59. The Kier molecular flexibility index (Phi) is 4.60. The molecular formula is C17H14F4N2O4. The second-order valence-electron chi connectivity index (χ2n) is 5.86. The topological polar surface area (TPSA) is 74.9 Å². The van der Waals surface area contributed by atoms with E-state index in [0.29, 0.717) is 5.75 Å². The maximum Gasteiger partial charge on any atom is 0.438 e. The zero-order valence-electron chi connectivity index (χ0n) is 13.7. The number of nitrogens with zero attached hydrogens (tertiary/aromatic N) is 1. The van der Waals surface area contributed by atoms with Crippen molar-refractivity contribution in [1.82, 2.24) is 10.4 Å². The van der Waals surface area contributed by atoms with Crippen LogP contribution in [-0.2, 0) is 6.61 Å². The van der Waals surface area contributed by atoms with Gasteiger partial charge in [0.25, 0.3) is 5.72 Å². The molecule has 0 saturated carbocycles. The zero-order chi connectivity index (χ0) is 19.8. The molecule has 1 aromatic carbocycles. The van der Waals surface area contributed by atoms with Crippen LogP contribution in [0, 0.1) is 5.82 Å². The van der Waals surface area contributed by atoms with Crippen LogP contribution >= 0.6 is 0 Å². The molecule has 2 heterocycles. The molecule has 0 radical (unpaired) electrons. The molecule has 1 fully saturated rings. The number of furan rings is 1. The summed E-state index contributed by atoms with van der Waals surface area (Å²) in [5, 5.41) is 9.97. The molecule has 2 N–H and O–H groups in total. The Labute approximate surface area is 150 Å². The lowest BCUT2D eigenvalue weighted by atomic mass is 10.1. The Morgan fingerprint density at radius 2 is 1.96 bits per heavy atom. The first-order valence-electron chi connectivity index (χ1n) is 7.65. The molecule has 1 aliphatic rings. The van der Waals surface area contributed by atoms with Crippen LogP contribution < -0.4 is 10.2 Å². The first-order chi connectivity index (χ1) is 12.6. The number of aliphatic hydroxyl groups is 1. The number of alkyl halides is 3. The van der Waals surface area contributed by atoms with Crippen LogP contribution in [0.4, 0.5) is 17.6 Å². The number of hydrogen-bond donors (Lipinski definition) is 2. The summed E-state index contributed by atoms with van der Waals surface area (Å²) in [5.41, 5.74) is -1.49. The summed E-state index contributed by atoms with van der Waals surface area (Å²) < 4.78 is 62.9. The summed E-state index contributed by atoms with van der Waals surface area (Å²) >= 11 is 0. The maximum atomic E-state index is 13.2. The van der Waals surface area contributed by atoms with Crippen LogP contribution in [0.3, 0.4) is 0 Å². The average Bonchev–Trinajstić information content (AvgIpc) is 3.18. The van der Waals surface area contributed by atoms with Gasteiger partial charge in [0, 0.05) is 12.1 Å². The number of hydrazine groups is 1. The van der Waals surface area contributed by atoms with E-state index in [1.165, 1.54) is 30.3 Å². The van der Waals surface area contributed by atoms with Crippen LogP contribution in [0.5, 0.6) is 5.75 Å². The van der Waals surface area contributed by atoms with Crippen molar-refractivity contribution in [1.29, 1.82) is 0 Å². The smallest absolute Gasteiger partial charge is 0.438 e. The number of amides is 1. The minimum Gasteiger partial charge on any atom is -0.486 e. The van der Waals surface area contributed by atoms with Crippen molar-refractivity contribution in [3.05, 3.63) is 66.0 Å². The molecule has 1 saturated heterocycles. The molecule has 2 aromatic rings. The maximum absolute atomic E-state index is 13.2.